The Morgan fingerprint density at radius 2 is 1.64 bits per heavy atom. The minimum absolute atomic E-state index is 0.243. The van der Waals surface area contributed by atoms with Crippen LogP contribution in [0.4, 0.5) is 5.69 Å². The summed E-state index contributed by atoms with van der Waals surface area (Å²) in [4.78, 5) is 6.87. The monoisotopic (exact) mass is 459 g/mol. The smallest absolute Gasteiger partial charge is 0.245 e. The van der Waals surface area contributed by atoms with Crippen LogP contribution >= 0.6 is 0 Å². The fraction of sp³-hybridized carbons (Fsp3) is 0.192. The zero-order valence-corrected chi connectivity index (χ0v) is 19.2. The number of sulfonamides is 1. The molecule has 6 nitrogen and oxygen atoms in total. The fourth-order valence-corrected chi connectivity index (χ4v) is 6.20. The van der Waals surface area contributed by atoms with Crippen molar-refractivity contribution in [3.05, 3.63) is 96.7 Å². The molecule has 0 spiro atoms. The molecule has 1 aliphatic rings. The van der Waals surface area contributed by atoms with E-state index < -0.39 is 10.0 Å². The molecule has 1 atom stereocenters. The van der Waals surface area contributed by atoms with Gasteiger partial charge in [-0.3, -0.25) is 4.98 Å². The molecule has 1 fully saturated rings. The number of pyridine rings is 1. The molecule has 0 radical (unpaired) electrons. The van der Waals surface area contributed by atoms with Crippen LogP contribution in [0.25, 0.3) is 10.9 Å². The Morgan fingerprint density at radius 1 is 0.879 bits per heavy atom. The summed E-state index contributed by atoms with van der Waals surface area (Å²) in [6.07, 6.45) is 1.63. The van der Waals surface area contributed by atoms with Gasteiger partial charge in [-0.1, -0.05) is 48.5 Å². The Bertz CT molecular complexity index is 1350. The first-order valence-electron chi connectivity index (χ1n) is 10.9. The van der Waals surface area contributed by atoms with Crippen molar-refractivity contribution in [3.8, 4) is 5.75 Å². The van der Waals surface area contributed by atoms with Gasteiger partial charge in [0.25, 0.3) is 0 Å². The Morgan fingerprint density at radius 3 is 2.39 bits per heavy atom. The molecular formula is C26H25N3O3S. The van der Waals surface area contributed by atoms with Gasteiger partial charge in [-0.2, -0.15) is 4.31 Å². The number of para-hydroxylation sites is 2. The minimum atomic E-state index is -3.79. The van der Waals surface area contributed by atoms with Crippen molar-refractivity contribution in [2.75, 3.05) is 31.6 Å². The Kier molecular flexibility index (Phi) is 5.74. The third kappa shape index (κ3) is 4.05. The molecule has 4 aromatic rings. The lowest BCUT2D eigenvalue weighted by atomic mass is 10.0. The van der Waals surface area contributed by atoms with Crippen molar-refractivity contribution in [1.29, 1.82) is 0 Å². The molecule has 7 heteroatoms. The van der Waals surface area contributed by atoms with Crippen LogP contribution < -0.4 is 9.64 Å². The summed E-state index contributed by atoms with van der Waals surface area (Å²) in [5.74, 6) is 0.738. The summed E-state index contributed by atoms with van der Waals surface area (Å²) in [7, 11) is -2.17. The first kappa shape index (κ1) is 21.4. The summed E-state index contributed by atoms with van der Waals surface area (Å²) < 4.78 is 34.9. The molecule has 0 amide bonds. The first-order valence-corrected chi connectivity index (χ1v) is 12.3. The van der Waals surface area contributed by atoms with Crippen LogP contribution in [-0.2, 0) is 10.0 Å². The van der Waals surface area contributed by atoms with Crippen LogP contribution in [0.3, 0.4) is 0 Å². The van der Waals surface area contributed by atoms with E-state index in [0.29, 0.717) is 25.2 Å². The van der Waals surface area contributed by atoms with Crippen LogP contribution in [-0.4, -0.2) is 44.5 Å². The van der Waals surface area contributed by atoms with E-state index in [1.165, 1.54) is 0 Å². The molecule has 0 saturated carbocycles. The van der Waals surface area contributed by atoms with Gasteiger partial charge in [0.2, 0.25) is 10.0 Å². The number of fused-ring (bicyclic) bond motifs is 1. The van der Waals surface area contributed by atoms with Crippen LogP contribution in [0.15, 0.2) is 96.0 Å². The van der Waals surface area contributed by atoms with Gasteiger partial charge in [0.15, 0.2) is 0 Å². The zero-order valence-electron chi connectivity index (χ0n) is 18.3. The predicted molar refractivity (Wildman–Crippen MR) is 130 cm³/mol. The number of methoxy groups -OCH3 is 1. The highest BCUT2D eigenvalue weighted by Crippen LogP contribution is 2.35. The second-order valence-electron chi connectivity index (χ2n) is 8.02. The lowest BCUT2D eigenvalue weighted by molar-refractivity contribution is 0.294. The van der Waals surface area contributed by atoms with Crippen molar-refractivity contribution < 1.29 is 13.2 Å². The van der Waals surface area contributed by atoms with Gasteiger partial charge in [0.05, 0.1) is 18.7 Å². The predicted octanol–water partition coefficient (Wildman–Crippen LogP) is 4.50. The number of piperazine rings is 1. The molecule has 3 aromatic carbocycles. The Labute approximate surface area is 194 Å². The standard InChI is InChI=1S/C26H25N3O3S/c1-32-23-14-12-20(13-15-23)24-19-28(22-9-3-2-4-10-22)17-18-29(24)33(30,31)25-11-5-7-21-8-6-16-27-26(21)25/h2-16,24H,17-19H2,1H3. The summed E-state index contributed by atoms with van der Waals surface area (Å²) in [6, 6.07) is 26.4. The van der Waals surface area contributed by atoms with E-state index in [2.05, 4.69) is 22.0 Å². The van der Waals surface area contributed by atoms with Crippen LogP contribution in [0.2, 0.25) is 0 Å². The molecular weight excluding hydrogens is 434 g/mol. The molecule has 1 unspecified atom stereocenters. The van der Waals surface area contributed by atoms with E-state index in [4.69, 9.17) is 4.74 Å². The number of hydrogen-bond donors (Lipinski definition) is 0. The molecule has 0 N–H and O–H groups in total. The fourth-order valence-electron chi connectivity index (χ4n) is 4.44. The highest BCUT2D eigenvalue weighted by molar-refractivity contribution is 7.89. The van der Waals surface area contributed by atoms with Crippen molar-refractivity contribution >= 4 is 26.6 Å². The topological polar surface area (TPSA) is 62.7 Å². The number of benzene rings is 3. The van der Waals surface area contributed by atoms with E-state index in [-0.39, 0.29) is 10.9 Å². The molecule has 1 aliphatic heterocycles. The summed E-state index contributed by atoms with van der Waals surface area (Å²) in [5.41, 5.74) is 2.51. The van der Waals surface area contributed by atoms with Crippen molar-refractivity contribution in [1.82, 2.24) is 9.29 Å². The Balaban J connectivity index is 1.58. The quantitative estimate of drug-likeness (QED) is 0.440. The van der Waals surface area contributed by atoms with E-state index in [1.807, 2.05) is 60.7 Å². The maximum atomic E-state index is 14.0. The van der Waals surface area contributed by atoms with E-state index in [1.54, 1.807) is 29.7 Å². The van der Waals surface area contributed by atoms with Gasteiger partial charge >= 0.3 is 0 Å². The van der Waals surface area contributed by atoms with E-state index in [9.17, 15) is 8.42 Å². The van der Waals surface area contributed by atoms with Crippen LogP contribution in [0.1, 0.15) is 11.6 Å². The largest absolute Gasteiger partial charge is 0.497 e. The summed E-state index contributed by atoms with van der Waals surface area (Å²) >= 11 is 0. The number of anilines is 1. The van der Waals surface area contributed by atoms with Gasteiger partial charge < -0.3 is 9.64 Å². The molecule has 33 heavy (non-hydrogen) atoms. The number of ether oxygens (including phenoxy) is 1. The number of rotatable bonds is 5. The van der Waals surface area contributed by atoms with E-state index in [0.717, 1.165) is 22.4 Å². The second kappa shape index (κ2) is 8.84. The highest BCUT2D eigenvalue weighted by Gasteiger charge is 2.38. The lowest BCUT2D eigenvalue weighted by Crippen LogP contribution is -2.50. The van der Waals surface area contributed by atoms with Gasteiger partial charge in [0, 0.05) is 36.9 Å². The molecule has 5 rings (SSSR count). The average molecular weight is 460 g/mol. The van der Waals surface area contributed by atoms with Gasteiger partial charge in [-0.15, -0.1) is 0 Å². The number of hydrogen-bond acceptors (Lipinski definition) is 5. The van der Waals surface area contributed by atoms with Crippen LogP contribution in [0, 0.1) is 0 Å². The highest BCUT2D eigenvalue weighted by atomic mass is 32.2. The van der Waals surface area contributed by atoms with Crippen LogP contribution in [0.5, 0.6) is 5.75 Å². The minimum Gasteiger partial charge on any atom is -0.497 e. The molecule has 0 bridgehead atoms. The molecule has 2 heterocycles. The molecule has 1 saturated heterocycles. The second-order valence-corrected chi connectivity index (χ2v) is 9.88. The third-order valence-corrected chi connectivity index (χ3v) is 8.08. The SMILES string of the molecule is COc1ccc(C2CN(c3ccccc3)CCN2S(=O)(=O)c2cccc3cccnc23)cc1. The van der Waals surface area contributed by atoms with Gasteiger partial charge in [0.1, 0.15) is 10.6 Å². The van der Waals surface area contributed by atoms with Gasteiger partial charge in [-0.05, 0) is 42.0 Å². The molecule has 1 aromatic heterocycles. The van der Waals surface area contributed by atoms with E-state index >= 15 is 0 Å². The van der Waals surface area contributed by atoms with Crippen molar-refractivity contribution in [3.63, 3.8) is 0 Å². The first-order chi connectivity index (χ1) is 16.1. The molecule has 0 aliphatic carbocycles. The summed E-state index contributed by atoms with van der Waals surface area (Å²) in [5, 5.41) is 0.808. The Hall–Kier alpha value is -3.42. The normalized spacial score (nSPS) is 17.2. The number of aromatic nitrogens is 1. The maximum absolute atomic E-state index is 14.0. The average Bonchev–Trinajstić information content (AvgIpc) is 2.88. The van der Waals surface area contributed by atoms with Crippen molar-refractivity contribution in [2.24, 2.45) is 0 Å². The third-order valence-electron chi connectivity index (χ3n) is 6.14. The number of nitrogens with zero attached hydrogens (tertiary/aromatic N) is 3. The maximum Gasteiger partial charge on any atom is 0.245 e. The van der Waals surface area contributed by atoms with Gasteiger partial charge in [-0.25, -0.2) is 8.42 Å². The summed E-state index contributed by atoms with van der Waals surface area (Å²) in [6.45, 7) is 1.53. The molecule has 168 valence electrons. The lowest BCUT2D eigenvalue weighted by Gasteiger charge is -2.42. The van der Waals surface area contributed by atoms with Crippen molar-refractivity contribution in [2.45, 2.75) is 10.9 Å². The zero-order chi connectivity index (χ0) is 22.8.